The van der Waals surface area contributed by atoms with Crippen LogP contribution in [-0.2, 0) is 4.79 Å². The zero-order valence-electron chi connectivity index (χ0n) is 9.80. The maximum Gasteiger partial charge on any atom is 0.264 e. The summed E-state index contributed by atoms with van der Waals surface area (Å²) >= 11 is 0. The fourth-order valence-corrected chi connectivity index (χ4v) is 2.03. The number of piperazine rings is 1. The van der Waals surface area contributed by atoms with Crippen molar-refractivity contribution in [2.24, 2.45) is 5.73 Å². The number of hydrogen-bond donors (Lipinski definition) is 1. The molecule has 2 rings (SSSR count). The summed E-state index contributed by atoms with van der Waals surface area (Å²) < 4.78 is 0. The van der Waals surface area contributed by atoms with Crippen LogP contribution in [0.5, 0.6) is 0 Å². The molecule has 2 N–H and O–H groups in total. The number of nitrogens with zero attached hydrogens (tertiary/aromatic N) is 2. The molecule has 4 heteroatoms. The number of para-hydroxylation sites is 1. The van der Waals surface area contributed by atoms with Gasteiger partial charge in [0.05, 0.1) is 5.70 Å². The van der Waals surface area contributed by atoms with Crippen molar-refractivity contribution in [1.29, 1.82) is 0 Å². The number of hydrogen-bond acceptors (Lipinski definition) is 3. The Hall–Kier alpha value is -1.97. The number of carbonyl (C=O) groups is 1. The highest BCUT2D eigenvalue weighted by Crippen LogP contribution is 2.16. The van der Waals surface area contributed by atoms with Gasteiger partial charge in [-0.25, -0.2) is 0 Å². The Kier molecular flexibility index (Phi) is 3.32. The third-order valence-electron chi connectivity index (χ3n) is 3.07. The Bertz CT molecular complexity index is 408. The molecule has 1 aromatic rings. The molecule has 1 aromatic carbocycles. The molecule has 0 atom stereocenters. The van der Waals surface area contributed by atoms with Gasteiger partial charge in [0.2, 0.25) is 0 Å². The fraction of sp³-hybridized carbons (Fsp3) is 0.308. The van der Waals surface area contributed by atoms with Crippen LogP contribution in [0.15, 0.2) is 42.6 Å². The van der Waals surface area contributed by atoms with Crippen molar-refractivity contribution in [3.8, 4) is 0 Å². The molecule has 0 aromatic heterocycles. The molecule has 0 unspecified atom stereocenters. The van der Waals surface area contributed by atoms with E-state index in [1.54, 1.807) is 0 Å². The number of primary amides is 1. The Morgan fingerprint density at radius 3 is 2.24 bits per heavy atom. The van der Waals surface area contributed by atoms with E-state index in [0.29, 0.717) is 5.70 Å². The second kappa shape index (κ2) is 4.91. The van der Waals surface area contributed by atoms with Gasteiger partial charge in [0, 0.05) is 31.9 Å². The van der Waals surface area contributed by atoms with Crippen LogP contribution in [0.4, 0.5) is 5.69 Å². The molecule has 1 aliphatic rings. The van der Waals surface area contributed by atoms with Gasteiger partial charge in [-0.1, -0.05) is 24.8 Å². The molecule has 0 spiro atoms. The minimum Gasteiger partial charge on any atom is -0.368 e. The van der Waals surface area contributed by atoms with E-state index in [1.807, 2.05) is 23.1 Å². The summed E-state index contributed by atoms with van der Waals surface area (Å²) in [6, 6.07) is 10.3. The predicted molar refractivity (Wildman–Crippen MR) is 68.6 cm³/mol. The van der Waals surface area contributed by atoms with Crippen molar-refractivity contribution in [2.45, 2.75) is 0 Å². The van der Waals surface area contributed by atoms with Gasteiger partial charge in [0.1, 0.15) is 0 Å². The summed E-state index contributed by atoms with van der Waals surface area (Å²) in [6.45, 7) is 7.06. The molecule has 1 amide bonds. The third-order valence-corrected chi connectivity index (χ3v) is 3.07. The maximum absolute atomic E-state index is 11.0. The Morgan fingerprint density at radius 2 is 1.71 bits per heavy atom. The lowest BCUT2D eigenvalue weighted by atomic mass is 10.2. The first-order chi connectivity index (χ1) is 8.18. The van der Waals surface area contributed by atoms with Crippen LogP contribution in [0, 0.1) is 0 Å². The van der Waals surface area contributed by atoms with Gasteiger partial charge >= 0.3 is 0 Å². The molecular weight excluding hydrogens is 214 g/mol. The Morgan fingerprint density at radius 1 is 1.12 bits per heavy atom. The van der Waals surface area contributed by atoms with E-state index in [0.717, 1.165) is 26.2 Å². The molecule has 0 bridgehead atoms. The van der Waals surface area contributed by atoms with Gasteiger partial charge in [-0.2, -0.15) is 0 Å². The molecule has 1 heterocycles. The van der Waals surface area contributed by atoms with Crippen LogP contribution in [0.3, 0.4) is 0 Å². The second-order valence-corrected chi connectivity index (χ2v) is 4.12. The fourth-order valence-electron chi connectivity index (χ4n) is 2.03. The average Bonchev–Trinajstić information content (AvgIpc) is 2.39. The number of amides is 1. The first kappa shape index (κ1) is 11.5. The zero-order chi connectivity index (χ0) is 12.3. The Labute approximate surface area is 101 Å². The first-order valence-electron chi connectivity index (χ1n) is 5.72. The predicted octanol–water partition coefficient (Wildman–Crippen LogP) is 0.808. The summed E-state index contributed by atoms with van der Waals surface area (Å²) in [6.07, 6.45) is 0. The maximum atomic E-state index is 11.0. The first-order valence-corrected chi connectivity index (χ1v) is 5.72. The van der Waals surface area contributed by atoms with E-state index in [4.69, 9.17) is 5.73 Å². The number of nitrogens with two attached hydrogens (primary N) is 1. The van der Waals surface area contributed by atoms with Crippen molar-refractivity contribution in [3.63, 3.8) is 0 Å². The number of anilines is 1. The van der Waals surface area contributed by atoms with Crippen LogP contribution in [-0.4, -0.2) is 37.0 Å². The van der Waals surface area contributed by atoms with Crippen LogP contribution in [0.2, 0.25) is 0 Å². The zero-order valence-corrected chi connectivity index (χ0v) is 9.80. The van der Waals surface area contributed by atoms with E-state index in [1.165, 1.54) is 5.69 Å². The molecule has 0 radical (unpaired) electrons. The molecule has 1 aliphatic heterocycles. The topological polar surface area (TPSA) is 49.6 Å². The van der Waals surface area contributed by atoms with E-state index in [9.17, 15) is 4.79 Å². The third kappa shape index (κ3) is 2.58. The van der Waals surface area contributed by atoms with Gasteiger partial charge in [-0.15, -0.1) is 0 Å². The standard InChI is InChI=1S/C13H17N3O/c1-11(13(14)17)15-7-9-16(10-8-15)12-5-3-2-4-6-12/h2-6H,1,7-10H2,(H2,14,17). The van der Waals surface area contributed by atoms with Crippen LogP contribution in [0.25, 0.3) is 0 Å². The van der Waals surface area contributed by atoms with Crippen molar-refractivity contribution in [2.75, 3.05) is 31.1 Å². The van der Waals surface area contributed by atoms with E-state index < -0.39 is 5.91 Å². The van der Waals surface area contributed by atoms with Crippen LogP contribution in [0.1, 0.15) is 0 Å². The van der Waals surface area contributed by atoms with Crippen molar-refractivity contribution in [3.05, 3.63) is 42.6 Å². The molecule has 90 valence electrons. The smallest absolute Gasteiger partial charge is 0.264 e. The van der Waals surface area contributed by atoms with E-state index >= 15 is 0 Å². The van der Waals surface area contributed by atoms with E-state index in [-0.39, 0.29) is 0 Å². The van der Waals surface area contributed by atoms with Crippen molar-refractivity contribution in [1.82, 2.24) is 4.90 Å². The summed E-state index contributed by atoms with van der Waals surface area (Å²) in [5.74, 6) is -0.432. The SMILES string of the molecule is C=C(C(N)=O)N1CCN(c2ccccc2)CC1. The highest BCUT2D eigenvalue weighted by molar-refractivity contribution is 5.90. The number of rotatable bonds is 3. The lowest BCUT2D eigenvalue weighted by molar-refractivity contribution is -0.116. The highest BCUT2D eigenvalue weighted by atomic mass is 16.1. The average molecular weight is 231 g/mol. The van der Waals surface area contributed by atoms with Crippen LogP contribution >= 0.6 is 0 Å². The van der Waals surface area contributed by atoms with Gasteiger partial charge in [0.25, 0.3) is 5.91 Å². The summed E-state index contributed by atoms with van der Waals surface area (Å²) in [7, 11) is 0. The molecule has 0 aliphatic carbocycles. The molecule has 17 heavy (non-hydrogen) atoms. The van der Waals surface area contributed by atoms with Crippen LogP contribution < -0.4 is 10.6 Å². The largest absolute Gasteiger partial charge is 0.368 e. The lowest BCUT2D eigenvalue weighted by Gasteiger charge is -2.37. The molecule has 0 saturated carbocycles. The van der Waals surface area contributed by atoms with Crippen molar-refractivity contribution >= 4 is 11.6 Å². The minimum atomic E-state index is -0.432. The van der Waals surface area contributed by atoms with Gasteiger partial charge in [-0.05, 0) is 12.1 Å². The Balaban J connectivity index is 1.95. The van der Waals surface area contributed by atoms with Gasteiger partial charge in [0.15, 0.2) is 0 Å². The number of benzene rings is 1. The second-order valence-electron chi connectivity index (χ2n) is 4.12. The molecule has 1 fully saturated rings. The quantitative estimate of drug-likeness (QED) is 0.783. The molecule has 1 saturated heterocycles. The monoisotopic (exact) mass is 231 g/mol. The number of carbonyl (C=O) groups excluding carboxylic acids is 1. The van der Waals surface area contributed by atoms with Crippen molar-refractivity contribution < 1.29 is 4.79 Å². The summed E-state index contributed by atoms with van der Waals surface area (Å²) in [5.41, 5.74) is 6.85. The van der Waals surface area contributed by atoms with Gasteiger partial charge < -0.3 is 15.5 Å². The van der Waals surface area contributed by atoms with E-state index in [2.05, 4.69) is 23.6 Å². The lowest BCUT2D eigenvalue weighted by Crippen LogP contribution is -2.47. The molecular formula is C13H17N3O. The summed E-state index contributed by atoms with van der Waals surface area (Å²) in [5, 5.41) is 0. The highest BCUT2D eigenvalue weighted by Gasteiger charge is 2.19. The van der Waals surface area contributed by atoms with Gasteiger partial charge in [-0.3, -0.25) is 4.79 Å². The normalized spacial score (nSPS) is 15.8. The molecule has 4 nitrogen and oxygen atoms in total. The summed E-state index contributed by atoms with van der Waals surface area (Å²) in [4.78, 5) is 15.3. The minimum absolute atomic E-state index is 0.415.